The monoisotopic (exact) mass is 1140 g/mol. The molecule has 1 aliphatic carbocycles. The maximum Gasteiger partial charge on any atom is 0.340 e. The Morgan fingerprint density at radius 3 is 1.71 bits per heavy atom. The minimum atomic E-state index is -1.25. The van der Waals surface area contributed by atoms with Crippen molar-refractivity contribution in [3.05, 3.63) is 203 Å². The van der Waals surface area contributed by atoms with Gasteiger partial charge >= 0.3 is 23.9 Å². The number of carboxylic acids is 3. The molecular weight excluding hydrogens is 1090 g/mol. The van der Waals surface area contributed by atoms with Crippen LogP contribution in [0.2, 0.25) is 0 Å². The van der Waals surface area contributed by atoms with Gasteiger partial charge in [-0.3, -0.25) is 38.1 Å². The largest absolute Gasteiger partial charge is 0.508 e. The Balaban J connectivity index is 0.000000168. The standard InChI is InChI=1S/C24H16O7.C20H12O5.C10H11BrN2O2.2C2H4O2/c1-13(25)28-15-7-9-19-21(11-15)30-22-12-16(29-14(2)26)8-10-20(22)24(19)18-6-4-3-5-17(18)23(27)31-24;21-11-5-7-15-17(9-11)25-18-10-12(22)6-8-16(18)19(15)13-3-1-2-4-14(13)20(23)24;1-5-7(3)12-8(4-11)6(2)10(15)13(12)9(5)14;2*1-2(3)4/h3-12H,1-2H3;1-10,21H,(H,23,24);4H2,1-3H3;2*1H3,(H,3,4). The van der Waals surface area contributed by atoms with Crippen LogP contribution in [0.5, 0.6) is 28.7 Å². The molecule has 0 amide bonds. The van der Waals surface area contributed by atoms with Crippen LogP contribution in [0.25, 0.3) is 33.4 Å². The van der Waals surface area contributed by atoms with E-state index in [9.17, 15) is 43.8 Å². The highest BCUT2D eigenvalue weighted by atomic mass is 79.9. The van der Waals surface area contributed by atoms with E-state index >= 15 is 0 Å². The summed E-state index contributed by atoms with van der Waals surface area (Å²) in [6, 6.07) is 32.6. The summed E-state index contributed by atoms with van der Waals surface area (Å²) >= 11 is 3.34. The highest BCUT2D eigenvalue weighted by molar-refractivity contribution is 9.08. The van der Waals surface area contributed by atoms with E-state index in [1.807, 2.05) is 19.1 Å². The van der Waals surface area contributed by atoms with Crippen LogP contribution in [0.1, 0.15) is 87.6 Å². The van der Waals surface area contributed by atoms with Crippen molar-refractivity contribution in [2.45, 2.75) is 59.4 Å². The van der Waals surface area contributed by atoms with Crippen molar-refractivity contribution in [1.82, 2.24) is 9.03 Å². The van der Waals surface area contributed by atoms with Gasteiger partial charge in [0.05, 0.1) is 16.8 Å². The first kappa shape index (κ1) is 56.8. The highest BCUT2D eigenvalue weighted by Crippen LogP contribution is 2.57. The Kier molecular flexibility index (Phi) is 16.7. The normalized spacial score (nSPS) is 12.0. The van der Waals surface area contributed by atoms with E-state index in [2.05, 4.69) is 15.9 Å². The molecule has 0 atom stereocenters. The smallest absolute Gasteiger partial charge is 0.340 e. The third-order valence-corrected chi connectivity index (χ3v) is 12.7. The lowest BCUT2D eigenvalue weighted by Crippen LogP contribution is -2.33. The van der Waals surface area contributed by atoms with Gasteiger partial charge in [0.1, 0.15) is 40.1 Å². The number of aromatic nitrogens is 2. The maximum absolute atomic E-state index is 12.8. The number of aliphatic carboxylic acids is 2. The van der Waals surface area contributed by atoms with Crippen molar-refractivity contribution in [2.75, 3.05) is 0 Å². The molecule has 7 aromatic rings. The summed E-state index contributed by atoms with van der Waals surface area (Å²) in [5.41, 5.74) is 5.68. The zero-order valence-corrected chi connectivity index (χ0v) is 44.6. The Labute approximate surface area is 455 Å². The number of carbonyl (C=O) groups excluding carboxylic acids is 3. The zero-order chi connectivity index (χ0) is 57.8. The van der Waals surface area contributed by atoms with Gasteiger partial charge in [0.2, 0.25) is 0 Å². The fourth-order valence-corrected chi connectivity index (χ4v) is 9.61. The number of nitrogens with zero attached hydrogens (tertiary/aromatic N) is 2. The van der Waals surface area contributed by atoms with Gasteiger partial charge < -0.3 is 43.8 Å². The molecule has 5 aromatic carbocycles. The molecule has 4 aliphatic rings. The maximum atomic E-state index is 12.8. The lowest BCUT2D eigenvalue weighted by atomic mass is 9.77. The molecule has 0 saturated heterocycles. The van der Waals surface area contributed by atoms with E-state index in [1.54, 1.807) is 97.2 Å². The molecule has 21 heteroatoms. The number of hydrogen-bond donors (Lipinski definition) is 4. The van der Waals surface area contributed by atoms with Crippen LogP contribution in [-0.2, 0) is 34.8 Å². The molecular formula is C58H47BrN2O18. The predicted octanol–water partition coefficient (Wildman–Crippen LogP) is 9.27. The molecule has 3 aliphatic heterocycles. The number of rotatable bonds is 5. The molecule has 79 heavy (non-hydrogen) atoms. The van der Waals surface area contributed by atoms with Crippen molar-refractivity contribution < 1.29 is 72.6 Å². The average molecular weight is 1140 g/mol. The van der Waals surface area contributed by atoms with Gasteiger partial charge in [-0.15, -0.1) is 0 Å². The summed E-state index contributed by atoms with van der Waals surface area (Å²) in [5, 5.41) is 35.3. The minimum Gasteiger partial charge on any atom is -0.508 e. The Morgan fingerprint density at radius 1 is 0.608 bits per heavy atom. The second kappa shape index (κ2) is 23.2. The molecule has 404 valence electrons. The molecule has 11 rings (SSSR count). The van der Waals surface area contributed by atoms with Crippen molar-refractivity contribution in [2.24, 2.45) is 0 Å². The van der Waals surface area contributed by atoms with Crippen molar-refractivity contribution in [1.29, 1.82) is 0 Å². The molecule has 0 bridgehead atoms. The first-order valence-electron chi connectivity index (χ1n) is 23.6. The zero-order valence-electron chi connectivity index (χ0n) is 43.0. The second-order valence-electron chi connectivity index (χ2n) is 17.6. The third-order valence-electron chi connectivity index (χ3n) is 12.2. The Bertz CT molecular complexity index is 3990. The van der Waals surface area contributed by atoms with Crippen LogP contribution in [0.15, 0.2) is 140 Å². The van der Waals surface area contributed by atoms with Gasteiger partial charge in [-0.25, -0.2) is 9.59 Å². The Hall–Kier alpha value is -9.89. The highest BCUT2D eigenvalue weighted by Gasteiger charge is 2.53. The number of benzene rings is 6. The number of hydrogen-bond acceptors (Lipinski definition) is 15. The molecule has 1 spiro atoms. The van der Waals surface area contributed by atoms with Gasteiger partial charge in [-0.2, -0.15) is 4.52 Å². The topological polar surface area (TPSA) is 293 Å². The van der Waals surface area contributed by atoms with Gasteiger partial charge in [-0.05, 0) is 87.0 Å². The van der Waals surface area contributed by atoms with Crippen LogP contribution >= 0.6 is 15.9 Å². The average Bonchev–Trinajstić information content (AvgIpc) is 4.19. The van der Waals surface area contributed by atoms with Gasteiger partial charge in [0.15, 0.2) is 11.0 Å². The molecule has 0 fully saturated rings. The van der Waals surface area contributed by atoms with E-state index < -0.39 is 41.4 Å². The van der Waals surface area contributed by atoms with E-state index in [0.717, 1.165) is 25.2 Å². The second-order valence-corrected chi connectivity index (χ2v) is 18.1. The molecule has 0 saturated carbocycles. The number of halogens is 1. The summed E-state index contributed by atoms with van der Waals surface area (Å²) in [7, 11) is 0. The van der Waals surface area contributed by atoms with Crippen molar-refractivity contribution >= 4 is 62.7 Å². The molecule has 20 nitrogen and oxygen atoms in total. The van der Waals surface area contributed by atoms with E-state index in [4.69, 9.17) is 43.2 Å². The van der Waals surface area contributed by atoms with Crippen LogP contribution in [0, 0.1) is 20.8 Å². The van der Waals surface area contributed by atoms with Crippen molar-refractivity contribution in [3.8, 4) is 51.2 Å². The Morgan fingerprint density at radius 2 is 1.15 bits per heavy atom. The molecule has 4 N–H and O–H groups in total. The van der Waals surface area contributed by atoms with Crippen molar-refractivity contribution in [3.63, 3.8) is 0 Å². The summed E-state index contributed by atoms with van der Waals surface area (Å²) in [5.74, 6) is -2.46. The minimum absolute atomic E-state index is 0.0198. The number of phenols is 1. The van der Waals surface area contributed by atoms with Gasteiger partial charge in [0, 0.05) is 107 Å². The first-order chi connectivity index (χ1) is 37.4. The first-order valence-corrected chi connectivity index (χ1v) is 24.7. The fourth-order valence-electron chi connectivity index (χ4n) is 8.95. The number of alkyl halides is 1. The molecule has 5 heterocycles. The van der Waals surface area contributed by atoms with E-state index in [0.29, 0.717) is 95.1 Å². The number of esters is 3. The SMILES string of the molecule is CC(=O)O.CC(=O)O.CC(=O)Oc1ccc2c(c1)Oc1cc(OC(C)=O)ccc1C21OC(=O)c2ccccc21.Cc1c(C)n2c(CBr)c(C)c(=O)n2c1=O.O=C(O)c1ccccc1-c1c2ccc(=O)cc-2oc2cc(O)ccc12. The molecule has 0 radical (unpaired) electrons. The fraction of sp³-hybridized carbons (Fsp3) is 0.155. The number of fused-ring (bicyclic) bond motifs is 9. The number of carbonyl (C=O) groups is 6. The lowest BCUT2D eigenvalue weighted by molar-refractivity contribution is -0.135. The number of aryl methyl sites for hydroxylation is 1. The van der Waals surface area contributed by atoms with Crippen LogP contribution < -0.4 is 30.8 Å². The summed E-state index contributed by atoms with van der Waals surface area (Å²) < 4.78 is 31.2. The van der Waals surface area contributed by atoms with E-state index in [1.165, 1.54) is 48.7 Å². The van der Waals surface area contributed by atoms with Crippen LogP contribution in [-0.4, -0.2) is 65.3 Å². The number of carboxylic acid groups (broad SMARTS) is 3. The molecule has 0 unspecified atom stereocenters. The van der Waals surface area contributed by atoms with Gasteiger partial charge in [0.25, 0.3) is 23.1 Å². The third kappa shape index (κ3) is 11.5. The summed E-state index contributed by atoms with van der Waals surface area (Å²) in [4.78, 5) is 101. The van der Waals surface area contributed by atoms with Crippen LogP contribution in [0.3, 0.4) is 0 Å². The number of aromatic hydroxyl groups is 1. The summed E-state index contributed by atoms with van der Waals surface area (Å²) in [6.07, 6.45) is 0. The lowest BCUT2D eigenvalue weighted by Gasteiger charge is -2.36. The molecule has 2 aromatic heterocycles. The number of aromatic carboxylic acids is 1. The number of ether oxygens (including phenoxy) is 4. The summed E-state index contributed by atoms with van der Waals surface area (Å²) in [6.45, 7) is 10.1. The van der Waals surface area contributed by atoms with Crippen LogP contribution in [0.4, 0.5) is 0 Å². The number of phenolic OH excluding ortho intramolecular Hbond substituents is 1. The predicted molar refractivity (Wildman–Crippen MR) is 289 cm³/mol. The van der Waals surface area contributed by atoms with E-state index in [-0.39, 0.29) is 27.9 Å². The quantitative estimate of drug-likeness (QED) is 0.0540. The van der Waals surface area contributed by atoms with Gasteiger partial charge in [-0.1, -0.05) is 52.3 Å².